The molecule has 7 heteroatoms. The largest absolute Gasteiger partial charge is 0.416 e. The fraction of sp³-hybridized carbons (Fsp3) is 0.133. The second kappa shape index (κ2) is 7.02. The summed E-state index contributed by atoms with van der Waals surface area (Å²) in [5.74, 6) is 0. The first-order chi connectivity index (χ1) is 10.4. The molecule has 0 atom stereocenters. The van der Waals surface area contributed by atoms with Crippen LogP contribution in [0, 0.1) is 0 Å². The summed E-state index contributed by atoms with van der Waals surface area (Å²) in [4.78, 5) is 1.11. The summed E-state index contributed by atoms with van der Waals surface area (Å²) in [5.41, 5.74) is 0.333. The number of halogens is 3. The van der Waals surface area contributed by atoms with Crippen molar-refractivity contribution in [2.24, 2.45) is 0 Å². The molecule has 0 saturated carbocycles. The van der Waals surface area contributed by atoms with E-state index in [0.717, 1.165) is 22.7 Å². The molecule has 0 aromatic heterocycles. The minimum absolute atomic E-state index is 0.233. The average Bonchev–Trinajstić information content (AvgIpc) is 2.47. The summed E-state index contributed by atoms with van der Waals surface area (Å²) < 4.78 is 37.9. The van der Waals surface area contributed by atoms with Crippen molar-refractivity contribution in [1.82, 2.24) is 0 Å². The molecule has 0 fully saturated rings. The van der Waals surface area contributed by atoms with E-state index in [1.54, 1.807) is 11.8 Å². The molecule has 22 heavy (non-hydrogen) atoms. The van der Waals surface area contributed by atoms with Gasteiger partial charge in [-0.1, -0.05) is 6.07 Å². The predicted molar refractivity (Wildman–Crippen MR) is 89.5 cm³/mol. The van der Waals surface area contributed by atoms with Crippen molar-refractivity contribution in [2.75, 3.05) is 16.9 Å². The van der Waals surface area contributed by atoms with Gasteiger partial charge in [-0.05, 0) is 60.9 Å². The van der Waals surface area contributed by atoms with Gasteiger partial charge in [0, 0.05) is 16.3 Å². The third-order valence-electron chi connectivity index (χ3n) is 2.80. The van der Waals surface area contributed by atoms with Crippen molar-refractivity contribution in [3.05, 3.63) is 54.1 Å². The molecule has 0 radical (unpaired) electrons. The Morgan fingerprint density at radius 2 is 1.64 bits per heavy atom. The lowest BCUT2D eigenvalue weighted by atomic mass is 10.2. The Hall–Kier alpha value is -1.73. The molecule has 2 rings (SSSR count). The lowest BCUT2D eigenvalue weighted by Gasteiger charge is -2.13. The van der Waals surface area contributed by atoms with Gasteiger partial charge in [0.15, 0.2) is 5.11 Å². The van der Waals surface area contributed by atoms with Gasteiger partial charge in [0.05, 0.1) is 5.56 Å². The van der Waals surface area contributed by atoms with E-state index in [9.17, 15) is 13.2 Å². The highest BCUT2D eigenvalue weighted by molar-refractivity contribution is 7.98. The van der Waals surface area contributed by atoms with E-state index in [1.165, 1.54) is 12.1 Å². The van der Waals surface area contributed by atoms with Crippen molar-refractivity contribution < 1.29 is 13.2 Å². The summed E-state index contributed by atoms with van der Waals surface area (Å²) in [6.07, 6.45) is -2.40. The lowest BCUT2D eigenvalue weighted by molar-refractivity contribution is -0.137. The monoisotopic (exact) mass is 342 g/mol. The SMILES string of the molecule is CSc1ccc(NC(=S)Nc2cccc(C(F)(F)F)c2)cc1. The van der Waals surface area contributed by atoms with Crippen LogP contribution in [0.4, 0.5) is 24.5 Å². The van der Waals surface area contributed by atoms with Gasteiger partial charge < -0.3 is 10.6 Å². The van der Waals surface area contributed by atoms with Gasteiger partial charge in [0.2, 0.25) is 0 Å². The zero-order valence-electron chi connectivity index (χ0n) is 11.6. The second-order valence-corrected chi connectivity index (χ2v) is 5.67. The Morgan fingerprint density at radius 1 is 1.00 bits per heavy atom. The number of hydrogen-bond donors (Lipinski definition) is 2. The topological polar surface area (TPSA) is 24.1 Å². The van der Waals surface area contributed by atoms with Crippen LogP contribution in [0.2, 0.25) is 0 Å². The molecule has 0 amide bonds. The highest BCUT2D eigenvalue weighted by atomic mass is 32.2. The fourth-order valence-electron chi connectivity index (χ4n) is 1.74. The summed E-state index contributed by atoms with van der Waals surface area (Å²) >= 11 is 6.73. The van der Waals surface area contributed by atoms with E-state index >= 15 is 0 Å². The lowest BCUT2D eigenvalue weighted by Crippen LogP contribution is -2.19. The number of nitrogens with one attached hydrogen (secondary N) is 2. The minimum atomic E-state index is -4.37. The second-order valence-electron chi connectivity index (χ2n) is 4.39. The van der Waals surface area contributed by atoms with Crippen molar-refractivity contribution in [3.8, 4) is 0 Å². The smallest absolute Gasteiger partial charge is 0.332 e. The van der Waals surface area contributed by atoms with E-state index < -0.39 is 11.7 Å². The quantitative estimate of drug-likeness (QED) is 0.589. The van der Waals surface area contributed by atoms with Crippen LogP contribution in [0.25, 0.3) is 0 Å². The van der Waals surface area contributed by atoms with Gasteiger partial charge >= 0.3 is 6.18 Å². The molecule has 116 valence electrons. The average molecular weight is 342 g/mol. The third-order valence-corrected chi connectivity index (χ3v) is 3.74. The normalized spacial score (nSPS) is 11.1. The molecule has 0 bridgehead atoms. The zero-order chi connectivity index (χ0) is 16.2. The number of hydrogen-bond acceptors (Lipinski definition) is 2. The zero-order valence-corrected chi connectivity index (χ0v) is 13.2. The van der Waals surface area contributed by atoms with E-state index in [1.807, 2.05) is 30.5 Å². The highest BCUT2D eigenvalue weighted by Crippen LogP contribution is 2.30. The number of benzene rings is 2. The summed E-state index contributed by atoms with van der Waals surface area (Å²) in [6, 6.07) is 12.5. The maximum absolute atomic E-state index is 12.6. The van der Waals surface area contributed by atoms with E-state index in [0.29, 0.717) is 0 Å². The van der Waals surface area contributed by atoms with E-state index in [-0.39, 0.29) is 10.8 Å². The van der Waals surface area contributed by atoms with E-state index in [2.05, 4.69) is 10.6 Å². The standard InChI is InChI=1S/C15H13F3N2S2/c1-22-13-7-5-11(6-8-13)19-14(21)20-12-4-2-3-10(9-12)15(16,17)18/h2-9H,1H3,(H2,19,20,21). The number of thioether (sulfide) groups is 1. The molecule has 0 unspecified atom stereocenters. The minimum Gasteiger partial charge on any atom is -0.332 e. The Morgan fingerprint density at radius 3 is 2.23 bits per heavy atom. The first-order valence-electron chi connectivity index (χ1n) is 6.28. The van der Waals surface area contributed by atoms with Crippen LogP contribution in [0.15, 0.2) is 53.4 Å². The summed E-state index contributed by atoms with van der Waals surface area (Å²) in [5, 5.41) is 5.91. The fourth-order valence-corrected chi connectivity index (χ4v) is 2.39. The molecule has 0 spiro atoms. The van der Waals surface area contributed by atoms with Crippen molar-refractivity contribution in [3.63, 3.8) is 0 Å². The number of thiocarbonyl (C=S) groups is 1. The molecule has 0 heterocycles. The third kappa shape index (κ3) is 4.64. The maximum Gasteiger partial charge on any atom is 0.416 e. The molecule has 2 aromatic carbocycles. The molecule has 0 aliphatic rings. The Bertz CT molecular complexity index is 655. The van der Waals surface area contributed by atoms with Crippen LogP contribution in [-0.4, -0.2) is 11.4 Å². The molecule has 0 aliphatic heterocycles. The summed E-state index contributed by atoms with van der Waals surface area (Å²) in [6.45, 7) is 0. The molecule has 0 aliphatic carbocycles. The number of anilines is 2. The summed E-state index contributed by atoms with van der Waals surface area (Å²) in [7, 11) is 0. The van der Waals surface area contributed by atoms with Crippen LogP contribution >= 0.6 is 24.0 Å². The van der Waals surface area contributed by atoms with Gasteiger partial charge in [-0.15, -0.1) is 11.8 Å². The molecule has 2 N–H and O–H groups in total. The van der Waals surface area contributed by atoms with Crippen LogP contribution in [-0.2, 0) is 6.18 Å². The molecule has 2 nitrogen and oxygen atoms in total. The van der Waals surface area contributed by atoms with Crippen LogP contribution < -0.4 is 10.6 Å². The Balaban J connectivity index is 2.02. The maximum atomic E-state index is 12.6. The van der Waals surface area contributed by atoms with Crippen LogP contribution in [0.3, 0.4) is 0 Å². The molecule has 0 saturated heterocycles. The predicted octanol–water partition coefficient (Wildman–Crippen LogP) is 5.24. The first kappa shape index (κ1) is 16.6. The van der Waals surface area contributed by atoms with Gasteiger partial charge in [0.1, 0.15) is 0 Å². The van der Waals surface area contributed by atoms with Crippen molar-refractivity contribution in [2.45, 2.75) is 11.1 Å². The van der Waals surface area contributed by atoms with E-state index in [4.69, 9.17) is 12.2 Å². The van der Waals surface area contributed by atoms with Gasteiger partial charge in [-0.2, -0.15) is 13.2 Å². The van der Waals surface area contributed by atoms with Crippen LogP contribution in [0.5, 0.6) is 0 Å². The number of rotatable bonds is 3. The molecular formula is C15H13F3N2S2. The Labute approximate surface area is 136 Å². The highest BCUT2D eigenvalue weighted by Gasteiger charge is 2.30. The van der Waals surface area contributed by atoms with Gasteiger partial charge in [0.25, 0.3) is 0 Å². The van der Waals surface area contributed by atoms with Gasteiger partial charge in [-0.3, -0.25) is 0 Å². The van der Waals surface area contributed by atoms with Crippen LogP contribution in [0.1, 0.15) is 5.56 Å². The first-order valence-corrected chi connectivity index (χ1v) is 7.91. The molecule has 2 aromatic rings. The van der Waals surface area contributed by atoms with Crippen molar-refractivity contribution in [1.29, 1.82) is 0 Å². The molecular weight excluding hydrogens is 329 g/mol. The van der Waals surface area contributed by atoms with Gasteiger partial charge in [-0.25, -0.2) is 0 Å². The number of alkyl halides is 3. The van der Waals surface area contributed by atoms with Crippen molar-refractivity contribution >= 4 is 40.5 Å². The Kier molecular flexibility index (Phi) is 5.31.